The van der Waals surface area contributed by atoms with Gasteiger partial charge in [-0.2, -0.15) is 13.2 Å². The van der Waals surface area contributed by atoms with Gasteiger partial charge in [0.25, 0.3) is 0 Å². The smallest absolute Gasteiger partial charge is 0.342 e. The van der Waals surface area contributed by atoms with Crippen molar-refractivity contribution in [3.8, 4) is 0 Å². The van der Waals surface area contributed by atoms with Crippen LogP contribution in [0, 0.1) is 11.8 Å². The van der Waals surface area contributed by atoms with E-state index in [-0.39, 0.29) is 17.7 Å². The first-order chi connectivity index (χ1) is 10.8. The van der Waals surface area contributed by atoms with Gasteiger partial charge in [-0.3, -0.25) is 9.48 Å². The molecular formula is C15H21F3N4O. The lowest BCUT2D eigenvalue weighted by molar-refractivity contribution is -0.150. The quantitative estimate of drug-likeness (QED) is 0.834. The van der Waals surface area contributed by atoms with E-state index in [0.717, 1.165) is 24.2 Å². The van der Waals surface area contributed by atoms with E-state index in [1.54, 1.807) is 9.58 Å². The van der Waals surface area contributed by atoms with Crippen molar-refractivity contribution >= 4 is 5.91 Å². The Balaban J connectivity index is 1.55. The zero-order valence-electron chi connectivity index (χ0n) is 13.1. The zero-order valence-corrected chi connectivity index (χ0v) is 13.1. The van der Waals surface area contributed by atoms with E-state index < -0.39 is 12.6 Å². The van der Waals surface area contributed by atoms with Crippen molar-refractivity contribution in [3.05, 3.63) is 11.4 Å². The van der Waals surface area contributed by atoms with Crippen LogP contribution < -0.4 is 0 Å². The van der Waals surface area contributed by atoms with Gasteiger partial charge in [0.2, 0.25) is 5.91 Å². The van der Waals surface area contributed by atoms with Crippen molar-refractivity contribution in [1.82, 2.24) is 19.9 Å². The van der Waals surface area contributed by atoms with Gasteiger partial charge in [-0.05, 0) is 31.6 Å². The van der Waals surface area contributed by atoms with Crippen LogP contribution in [0.5, 0.6) is 0 Å². The Labute approximate surface area is 132 Å². The summed E-state index contributed by atoms with van der Waals surface area (Å²) in [7, 11) is 1.82. The molecule has 0 saturated carbocycles. The van der Waals surface area contributed by atoms with Crippen LogP contribution in [-0.2, 0) is 24.7 Å². The van der Waals surface area contributed by atoms with Gasteiger partial charge in [0, 0.05) is 38.9 Å². The average molecular weight is 330 g/mol. The fourth-order valence-electron chi connectivity index (χ4n) is 3.66. The Morgan fingerprint density at radius 1 is 1.26 bits per heavy atom. The highest BCUT2D eigenvalue weighted by Crippen LogP contribution is 2.32. The van der Waals surface area contributed by atoms with Crippen LogP contribution in [0.25, 0.3) is 0 Å². The maximum Gasteiger partial charge on any atom is 0.389 e. The van der Waals surface area contributed by atoms with Gasteiger partial charge < -0.3 is 4.90 Å². The SMILES string of the molecule is Cn1nnc2c1CC(C(=O)N1CCC(CC(F)(F)F)CC1)CC2. The number of fused-ring (bicyclic) bond motifs is 1. The van der Waals surface area contributed by atoms with Crippen molar-refractivity contribution in [1.29, 1.82) is 0 Å². The summed E-state index contributed by atoms with van der Waals surface area (Å²) in [5, 5.41) is 8.07. The van der Waals surface area contributed by atoms with Gasteiger partial charge in [-0.25, -0.2) is 0 Å². The Bertz CT molecular complexity index is 576. The monoisotopic (exact) mass is 330 g/mol. The van der Waals surface area contributed by atoms with E-state index in [0.29, 0.717) is 32.4 Å². The molecular weight excluding hydrogens is 309 g/mol. The predicted octanol–water partition coefficient (Wildman–Crippen LogP) is 2.11. The molecule has 5 nitrogen and oxygen atoms in total. The third-order valence-electron chi connectivity index (χ3n) is 4.99. The summed E-state index contributed by atoms with van der Waals surface area (Å²) < 4.78 is 39.0. The molecule has 1 atom stereocenters. The number of alkyl halides is 3. The summed E-state index contributed by atoms with van der Waals surface area (Å²) in [5.74, 6) is -0.376. The summed E-state index contributed by atoms with van der Waals surface area (Å²) >= 11 is 0. The molecule has 1 fully saturated rings. The number of aromatic nitrogens is 3. The first-order valence-electron chi connectivity index (χ1n) is 8.06. The zero-order chi connectivity index (χ0) is 16.6. The molecule has 1 amide bonds. The van der Waals surface area contributed by atoms with Gasteiger partial charge in [0.15, 0.2) is 0 Å². The number of rotatable bonds is 2. The van der Waals surface area contributed by atoms with Gasteiger partial charge in [0.1, 0.15) is 0 Å². The fourth-order valence-corrected chi connectivity index (χ4v) is 3.66. The van der Waals surface area contributed by atoms with E-state index in [4.69, 9.17) is 0 Å². The number of likely N-dealkylation sites (tertiary alicyclic amines) is 1. The minimum Gasteiger partial charge on any atom is -0.342 e. The topological polar surface area (TPSA) is 51.0 Å². The van der Waals surface area contributed by atoms with Crippen LogP contribution in [0.4, 0.5) is 13.2 Å². The van der Waals surface area contributed by atoms with Crippen molar-refractivity contribution in [2.45, 2.75) is 44.7 Å². The maximum atomic E-state index is 12.6. The Morgan fingerprint density at radius 3 is 2.61 bits per heavy atom. The van der Waals surface area contributed by atoms with Crippen LogP contribution >= 0.6 is 0 Å². The summed E-state index contributed by atoms with van der Waals surface area (Å²) in [6.07, 6.45) is -1.85. The molecule has 1 unspecified atom stereocenters. The molecule has 128 valence electrons. The molecule has 2 heterocycles. The van der Waals surface area contributed by atoms with Crippen molar-refractivity contribution in [3.63, 3.8) is 0 Å². The number of amides is 1. The number of nitrogens with zero attached hydrogens (tertiary/aromatic N) is 4. The second-order valence-corrected chi connectivity index (χ2v) is 6.63. The van der Waals surface area contributed by atoms with Crippen molar-refractivity contribution in [2.24, 2.45) is 18.9 Å². The minimum absolute atomic E-state index is 0.0716. The first-order valence-corrected chi connectivity index (χ1v) is 8.06. The number of piperidine rings is 1. The molecule has 0 spiro atoms. The Hall–Kier alpha value is -1.60. The molecule has 3 rings (SSSR count). The van der Waals surface area contributed by atoms with Crippen LogP contribution in [0.2, 0.25) is 0 Å². The molecule has 1 aromatic heterocycles. The normalized spacial score (nSPS) is 23.0. The maximum absolute atomic E-state index is 12.6. The molecule has 8 heteroatoms. The van der Waals surface area contributed by atoms with Crippen LogP contribution in [0.3, 0.4) is 0 Å². The number of carbonyl (C=O) groups is 1. The average Bonchev–Trinajstić information content (AvgIpc) is 2.87. The summed E-state index contributed by atoms with van der Waals surface area (Å²) in [6.45, 7) is 0.874. The van der Waals surface area contributed by atoms with E-state index in [1.807, 2.05) is 7.05 Å². The molecule has 0 bridgehead atoms. The molecule has 1 aromatic rings. The summed E-state index contributed by atoms with van der Waals surface area (Å²) in [6, 6.07) is 0. The number of hydrogen-bond acceptors (Lipinski definition) is 3. The number of aryl methyl sites for hydroxylation is 2. The Kier molecular flexibility index (Phi) is 4.33. The third kappa shape index (κ3) is 3.67. The van der Waals surface area contributed by atoms with E-state index in [2.05, 4.69) is 10.3 Å². The van der Waals surface area contributed by atoms with Gasteiger partial charge in [-0.15, -0.1) is 5.10 Å². The molecule has 2 aliphatic rings. The van der Waals surface area contributed by atoms with Gasteiger partial charge in [-0.1, -0.05) is 5.21 Å². The lowest BCUT2D eigenvalue weighted by Crippen LogP contribution is -2.43. The lowest BCUT2D eigenvalue weighted by Gasteiger charge is -2.35. The second-order valence-electron chi connectivity index (χ2n) is 6.63. The summed E-state index contributed by atoms with van der Waals surface area (Å²) in [4.78, 5) is 14.4. The highest BCUT2D eigenvalue weighted by Gasteiger charge is 2.36. The van der Waals surface area contributed by atoms with Crippen LogP contribution in [-0.4, -0.2) is 45.1 Å². The van der Waals surface area contributed by atoms with E-state index in [1.165, 1.54) is 0 Å². The summed E-state index contributed by atoms with van der Waals surface area (Å²) in [5.41, 5.74) is 1.96. The third-order valence-corrected chi connectivity index (χ3v) is 4.99. The highest BCUT2D eigenvalue weighted by molar-refractivity contribution is 5.79. The predicted molar refractivity (Wildman–Crippen MR) is 76.5 cm³/mol. The molecule has 0 radical (unpaired) electrons. The van der Waals surface area contributed by atoms with Gasteiger partial charge >= 0.3 is 6.18 Å². The fraction of sp³-hybridized carbons (Fsp3) is 0.800. The molecule has 23 heavy (non-hydrogen) atoms. The number of carbonyl (C=O) groups excluding carboxylic acids is 1. The lowest BCUT2D eigenvalue weighted by atomic mass is 9.87. The number of halogens is 3. The van der Waals surface area contributed by atoms with Gasteiger partial charge in [0.05, 0.1) is 11.4 Å². The minimum atomic E-state index is -4.11. The van der Waals surface area contributed by atoms with Crippen molar-refractivity contribution < 1.29 is 18.0 Å². The molecule has 1 aliphatic heterocycles. The standard InChI is InChI=1S/C15H21F3N4O/c1-21-13-8-11(2-3-12(13)19-20-21)14(23)22-6-4-10(5-7-22)9-15(16,17)18/h10-11H,2-9H2,1H3. The molecule has 1 aliphatic carbocycles. The molecule has 1 saturated heterocycles. The van der Waals surface area contributed by atoms with E-state index >= 15 is 0 Å². The van der Waals surface area contributed by atoms with Crippen LogP contribution in [0.15, 0.2) is 0 Å². The van der Waals surface area contributed by atoms with Crippen LogP contribution in [0.1, 0.15) is 37.1 Å². The highest BCUT2D eigenvalue weighted by atomic mass is 19.4. The Morgan fingerprint density at radius 2 is 1.96 bits per heavy atom. The number of hydrogen-bond donors (Lipinski definition) is 0. The molecule has 0 N–H and O–H groups in total. The first kappa shape index (κ1) is 16.3. The van der Waals surface area contributed by atoms with Crippen molar-refractivity contribution in [2.75, 3.05) is 13.1 Å². The second kappa shape index (κ2) is 6.13. The largest absolute Gasteiger partial charge is 0.389 e. The molecule has 0 aromatic carbocycles. The van der Waals surface area contributed by atoms with E-state index in [9.17, 15) is 18.0 Å².